The van der Waals surface area contributed by atoms with Gasteiger partial charge in [-0.15, -0.1) is 0 Å². The van der Waals surface area contributed by atoms with Crippen LogP contribution in [0.1, 0.15) is 0 Å². The Balaban J connectivity index is -0.00000000533. The third-order valence-corrected chi connectivity index (χ3v) is 0. The molecule has 0 bridgehead atoms. The van der Waals surface area contributed by atoms with Crippen LogP contribution < -0.4 is 0 Å². The van der Waals surface area contributed by atoms with E-state index in [1.807, 2.05) is 0 Å². The van der Waals surface area contributed by atoms with Crippen molar-refractivity contribution in [3.63, 3.8) is 0 Å². The van der Waals surface area contributed by atoms with Gasteiger partial charge in [0.05, 0.1) is 0 Å². The van der Waals surface area contributed by atoms with Crippen molar-refractivity contribution in [2.24, 2.45) is 0 Å². The second kappa shape index (κ2) is 22.6. The third-order valence-electron chi connectivity index (χ3n) is 0. The zero-order valence-electron chi connectivity index (χ0n) is 5.01. The van der Waals surface area contributed by atoms with E-state index >= 15 is 0 Å². The van der Waals surface area contributed by atoms with E-state index in [9.17, 15) is 12.4 Å². The molecule has 0 atom stereocenters. The Hall–Kier alpha value is 1.70. The average Bonchev–Trinajstić information content (AvgIpc) is 0.722. The predicted octanol–water partition coefficient (Wildman–Crippen LogP) is -1.63. The van der Waals surface area contributed by atoms with Crippen LogP contribution in [-0.4, -0.2) is 21.9 Å². The third kappa shape index (κ3) is 380. The van der Waals surface area contributed by atoms with Gasteiger partial charge < -0.3 is 21.9 Å². The van der Waals surface area contributed by atoms with E-state index in [1.165, 1.54) is 0 Å². The molecule has 11 heavy (non-hydrogen) atoms. The fourth-order valence-corrected chi connectivity index (χ4v) is 0. The molecule has 0 saturated carbocycles. The Morgan fingerprint density at radius 1 is 0.545 bits per heavy atom. The predicted molar refractivity (Wildman–Crippen MR) is 18.9 cm³/mol. The Morgan fingerprint density at radius 3 is 0.545 bits per heavy atom. The van der Waals surface area contributed by atoms with Gasteiger partial charge in [-0.1, -0.05) is 0 Å². The van der Waals surface area contributed by atoms with Crippen molar-refractivity contribution >= 4 is 0 Å². The van der Waals surface area contributed by atoms with Crippen LogP contribution in [0.15, 0.2) is 0 Å². The smallest absolute Gasteiger partial charge is 0 e. The molecule has 0 spiro atoms. The van der Waals surface area contributed by atoms with Crippen LogP contribution in [0.4, 0.5) is 12.4 Å². The van der Waals surface area contributed by atoms with Crippen molar-refractivity contribution in [1.82, 2.24) is 0 Å². The van der Waals surface area contributed by atoms with Crippen LogP contribution in [0.3, 0.4) is 0 Å². The van der Waals surface area contributed by atoms with Gasteiger partial charge >= 0.3 is 31.1 Å². The van der Waals surface area contributed by atoms with E-state index in [4.69, 9.17) is 0 Å². The van der Waals surface area contributed by atoms with Gasteiger partial charge in [-0.3, -0.25) is 0 Å². The molecule has 0 fully saturated rings. The summed E-state index contributed by atoms with van der Waals surface area (Å²) in [6.45, 7) is 0. The van der Waals surface area contributed by atoms with Gasteiger partial charge in [0.15, 0.2) is 0 Å². The second-order valence-electron chi connectivity index (χ2n) is 0.429. The molecule has 0 saturated heterocycles. The zero-order chi connectivity index (χ0) is 4.50. The maximum atomic E-state index is 9.88. The van der Waals surface area contributed by atoms with Gasteiger partial charge in [-0.25, -0.2) is 0 Å². The molecule has 72 valence electrons. The van der Waals surface area contributed by atoms with Gasteiger partial charge in [0.2, 0.25) is 0 Å². The molecule has 8 N–H and O–H groups in total. The van der Waals surface area contributed by atoms with Crippen LogP contribution in [0.2, 0.25) is 0 Å². The number of hydrogen-bond acceptors (Lipinski definition) is 0. The number of hydrogen-bond donors (Lipinski definition) is 0. The summed E-state index contributed by atoms with van der Waals surface area (Å²) in [5, 5.41) is 0. The Kier molecular flexibility index (Phi) is 110. The van der Waals surface area contributed by atoms with Crippen LogP contribution in [0.5, 0.6) is 0 Å². The van der Waals surface area contributed by atoms with Gasteiger partial charge in [-0.2, -0.15) is 0 Å². The molecule has 4 nitrogen and oxygen atoms in total. The van der Waals surface area contributed by atoms with Crippen molar-refractivity contribution in [3.05, 3.63) is 0 Å². The van der Waals surface area contributed by atoms with E-state index in [0.717, 1.165) is 0 Å². The largest absolute Gasteiger partial charge is 0 e. The minimum absolute atomic E-state index is 0. The fourth-order valence-electron chi connectivity index (χ4n) is 0. The van der Waals surface area contributed by atoms with E-state index in [2.05, 4.69) is 0 Å². The summed E-state index contributed by atoms with van der Waals surface area (Å²) in [4.78, 5) is 0. The molecule has 0 aromatic carbocycles. The van der Waals surface area contributed by atoms with E-state index < -0.39 is 18.7 Å². The first-order valence-corrected chi connectivity index (χ1v) is 3.12. The Morgan fingerprint density at radius 2 is 0.545 bits per heavy atom. The minimum Gasteiger partial charge on any atom is 0 e. The van der Waals surface area contributed by atoms with Crippen molar-refractivity contribution in [3.8, 4) is 0 Å². The summed E-state index contributed by atoms with van der Waals surface area (Å²) < 4.78 is 39.5. The van der Waals surface area contributed by atoms with Crippen LogP contribution >= 0.6 is 0 Å². The first-order valence-electron chi connectivity index (χ1n) is 0.756. The molecule has 0 heterocycles. The van der Waals surface area contributed by atoms with Crippen molar-refractivity contribution in [1.29, 1.82) is 0 Å². The summed E-state index contributed by atoms with van der Waals surface area (Å²) >= 11 is -7.00. The summed E-state index contributed by atoms with van der Waals surface area (Å²) in [6, 6.07) is 0. The van der Waals surface area contributed by atoms with Gasteiger partial charge in [0.1, 0.15) is 0 Å². The Labute approximate surface area is 95.8 Å². The quantitative estimate of drug-likeness (QED) is 0.375. The van der Waals surface area contributed by atoms with Gasteiger partial charge in [0.25, 0.3) is 0 Å². The molecule has 0 radical (unpaired) electrons. The molecule has 0 aliphatic rings. The molecular weight excluding hydrogens is 284 g/mol. The Bertz CT molecular complexity index is 32.8. The maximum Gasteiger partial charge on any atom is 0 e. The summed E-state index contributed by atoms with van der Waals surface area (Å²) in [7, 11) is 0. The minimum atomic E-state index is -7.00. The molecule has 11 heteroatoms. The molecule has 0 aliphatic heterocycles. The van der Waals surface area contributed by atoms with E-state index in [0.29, 0.717) is 0 Å². The zero-order valence-corrected chi connectivity index (χ0v) is 9.70. The molecule has 0 amide bonds. The fraction of sp³-hybridized carbons (Fsp3) is 0. The second-order valence-corrected chi connectivity index (χ2v) is 1.77. The summed E-state index contributed by atoms with van der Waals surface area (Å²) in [5.74, 6) is 0. The first-order chi connectivity index (χ1) is 2.00. The normalized spacial score (nSPS) is 5.45. The summed E-state index contributed by atoms with van der Waals surface area (Å²) in [5.41, 5.74) is 0. The topological polar surface area (TPSA) is 126 Å². The van der Waals surface area contributed by atoms with Gasteiger partial charge in [0, 0.05) is 43.4 Å². The standard InChI is InChI=1S/4FH.4H2O.3Ti/h4*1H;4*1H2;;;/q;;;;;;;;;;+4/p-4. The van der Waals surface area contributed by atoms with E-state index in [-0.39, 0.29) is 65.3 Å². The van der Waals surface area contributed by atoms with E-state index in [1.54, 1.807) is 0 Å². The molecule has 0 rings (SSSR count). The first kappa shape index (κ1) is 53.5. The molecular formula is H8F4O4Ti3. The average molecular weight is 292 g/mol. The monoisotopic (exact) mass is 292 g/mol. The molecule has 0 aromatic rings. The van der Waals surface area contributed by atoms with Gasteiger partial charge in [-0.05, 0) is 0 Å². The number of halogens is 4. The number of rotatable bonds is 0. The molecule has 0 aliphatic carbocycles. The summed E-state index contributed by atoms with van der Waals surface area (Å²) in [6.07, 6.45) is 0. The van der Waals surface area contributed by atoms with Crippen molar-refractivity contribution in [2.75, 3.05) is 0 Å². The SMILES string of the molecule is O.O.O.O.[F][Ti]([F])([F])[F].[Ti].[Ti]. The molecule has 0 aromatic heterocycles. The van der Waals surface area contributed by atoms with Crippen molar-refractivity contribution < 1.29 is 96.4 Å². The maximum absolute atomic E-state index is 9.88. The van der Waals surface area contributed by atoms with Crippen LogP contribution in [0, 0.1) is 0 Å². The van der Waals surface area contributed by atoms with Crippen LogP contribution in [0.25, 0.3) is 0 Å². The van der Waals surface area contributed by atoms with Crippen molar-refractivity contribution in [2.45, 2.75) is 0 Å². The molecule has 0 unspecified atom stereocenters. The van der Waals surface area contributed by atoms with Crippen LogP contribution in [-0.2, 0) is 62.2 Å².